The van der Waals surface area contributed by atoms with Crippen LogP contribution >= 0.6 is 0 Å². The van der Waals surface area contributed by atoms with Gasteiger partial charge in [0.25, 0.3) is 0 Å². The van der Waals surface area contributed by atoms with E-state index < -0.39 is 17.3 Å². The van der Waals surface area contributed by atoms with Crippen LogP contribution in [0.3, 0.4) is 0 Å². The summed E-state index contributed by atoms with van der Waals surface area (Å²) in [4.78, 5) is 40.7. The first-order valence-electron chi connectivity index (χ1n) is 9.42. The molecule has 7 heteroatoms. The second-order valence-corrected chi connectivity index (χ2v) is 7.85. The molecular weight excluding hydrogens is 348 g/mol. The minimum Gasteiger partial charge on any atom is -0.495 e. The van der Waals surface area contributed by atoms with Crippen molar-refractivity contribution in [3.63, 3.8) is 0 Å². The molecule has 2 saturated heterocycles. The number of hydrogen-bond donors (Lipinski definition) is 1. The summed E-state index contributed by atoms with van der Waals surface area (Å²) in [7, 11) is 1.55. The van der Waals surface area contributed by atoms with Crippen LogP contribution in [0, 0.1) is 17.3 Å². The number of carbonyl (C=O) groups excluding carboxylic acids is 2. The van der Waals surface area contributed by atoms with Crippen LogP contribution in [0.2, 0.25) is 0 Å². The highest BCUT2D eigenvalue weighted by Crippen LogP contribution is 2.49. The molecule has 1 aromatic rings. The van der Waals surface area contributed by atoms with Gasteiger partial charge in [0.05, 0.1) is 24.1 Å². The Morgan fingerprint density at radius 1 is 1.26 bits per heavy atom. The maximum absolute atomic E-state index is 13.0. The van der Waals surface area contributed by atoms with Crippen LogP contribution in [0.5, 0.6) is 5.75 Å². The molecule has 0 bridgehead atoms. The predicted molar refractivity (Wildman–Crippen MR) is 97.4 cm³/mol. The van der Waals surface area contributed by atoms with Crippen LogP contribution in [-0.2, 0) is 14.4 Å². The first-order valence-corrected chi connectivity index (χ1v) is 9.42. The Morgan fingerprint density at radius 3 is 2.74 bits per heavy atom. The zero-order chi connectivity index (χ0) is 19.2. The number of para-hydroxylation sites is 2. The Morgan fingerprint density at radius 2 is 2.04 bits per heavy atom. The van der Waals surface area contributed by atoms with Gasteiger partial charge in [-0.3, -0.25) is 14.4 Å². The summed E-state index contributed by atoms with van der Waals surface area (Å²) in [6.07, 6.45) is 2.54. The lowest BCUT2D eigenvalue weighted by Gasteiger charge is -2.25. The van der Waals surface area contributed by atoms with Crippen molar-refractivity contribution in [1.82, 2.24) is 4.90 Å². The largest absolute Gasteiger partial charge is 0.495 e. The Kier molecular flexibility index (Phi) is 4.32. The molecule has 144 valence electrons. The van der Waals surface area contributed by atoms with Gasteiger partial charge in [0, 0.05) is 26.1 Å². The normalized spacial score (nSPS) is 29.9. The summed E-state index contributed by atoms with van der Waals surface area (Å²) in [6.45, 7) is 1.06. The van der Waals surface area contributed by atoms with Crippen molar-refractivity contribution in [2.75, 3.05) is 31.6 Å². The van der Waals surface area contributed by atoms with E-state index in [1.807, 2.05) is 18.2 Å². The van der Waals surface area contributed by atoms with Gasteiger partial charge in [-0.15, -0.1) is 0 Å². The van der Waals surface area contributed by atoms with E-state index in [-0.39, 0.29) is 30.7 Å². The van der Waals surface area contributed by atoms with Crippen LogP contribution < -0.4 is 9.64 Å². The molecule has 3 atom stereocenters. The number of carboxylic acids is 1. The molecule has 3 fully saturated rings. The molecule has 2 amide bonds. The summed E-state index contributed by atoms with van der Waals surface area (Å²) in [5, 5.41) is 9.72. The zero-order valence-corrected chi connectivity index (χ0v) is 15.4. The van der Waals surface area contributed by atoms with Crippen molar-refractivity contribution in [3.05, 3.63) is 24.3 Å². The minimum absolute atomic E-state index is 0.0291. The van der Waals surface area contributed by atoms with Gasteiger partial charge in [0.15, 0.2) is 0 Å². The van der Waals surface area contributed by atoms with Crippen LogP contribution in [0.25, 0.3) is 0 Å². The lowest BCUT2D eigenvalue weighted by Crippen LogP contribution is -2.40. The topological polar surface area (TPSA) is 87.2 Å². The second kappa shape index (κ2) is 6.55. The maximum Gasteiger partial charge on any atom is 0.311 e. The van der Waals surface area contributed by atoms with Crippen molar-refractivity contribution < 1.29 is 24.2 Å². The van der Waals surface area contributed by atoms with E-state index in [0.717, 1.165) is 12.8 Å². The van der Waals surface area contributed by atoms with E-state index in [1.54, 1.807) is 23.0 Å². The Bertz CT molecular complexity index is 794. The third kappa shape index (κ3) is 2.76. The number of aliphatic carboxylic acids is 1. The standard InChI is InChI=1S/C20H24N2O5/c1-27-16-7-3-2-6-15(16)22-10-13(9-17(22)23)18(24)21-11-14-5-4-8-20(14,12-21)19(25)26/h2-3,6-7,13-14H,4-5,8-12H2,1H3,(H,25,26)/t13?,14-,20+/m0/s1. The maximum atomic E-state index is 13.0. The van der Waals surface area contributed by atoms with Gasteiger partial charge in [-0.05, 0) is 30.9 Å². The molecule has 1 aromatic carbocycles. The minimum atomic E-state index is -0.793. The monoisotopic (exact) mass is 372 g/mol. The van der Waals surface area contributed by atoms with Gasteiger partial charge in [-0.2, -0.15) is 0 Å². The van der Waals surface area contributed by atoms with Crippen molar-refractivity contribution >= 4 is 23.5 Å². The molecule has 1 unspecified atom stereocenters. The number of methoxy groups -OCH3 is 1. The number of likely N-dealkylation sites (tertiary alicyclic amines) is 1. The van der Waals surface area contributed by atoms with Crippen LogP contribution in [0.15, 0.2) is 24.3 Å². The van der Waals surface area contributed by atoms with Crippen molar-refractivity contribution in [2.45, 2.75) is 25.7 Å². The molecule has 0 aromatic heterocycles. The summed E-state index contributed by atoms with van der Waals surface area (Å²) in [5.41, 5.74) is -0.124. The number of hydrogen-bond acceptors (Lipinski definition) is 4. The SMILES string of the molecule is COc1ccccc1N1CC(C(=O)N2C[C@@H]3CCC[C@@]3(C(=O)O)C2)CC1=O. The Hall–Kier alpha value is -2.57. The molecular formula is C20H24N2O5. The number of carbonyl (C=O) groups is 3. The Balaban J connectivity index is 1.50. The van der Waals surface area contributed by atoms with Gasteiger partial charge < -0.3 is 19.6 Å². The van der Waals surface area contributed by atoms with Crippen LogP contribution in [0.4, 0.5) is 5.69 Å². The van der Waals surface area contributed by atoms with Gasteiger partial charge in [0.2, 0.25) is 11.8 Å². The third-order valence-electron chi connectivity index (χ3n) is 6.46. The third-order valence-corrected chi connectivity index (χ3v) is 6.46. The molecule has 0 radical (unpaired) electrons. The number of fused-ring (bicyclic) bond motifs is 1. The molecule has 2 aliphatic heterocycles. The van der Waals surface area contributed by atoms with E-state index in [2.05, 4.69) is 0 Å². The number of ether oxygens (including phenoxy) is 1. The molecule has 0 spiro atoms. The Labute approximate surface area is 157 Å². The number of amides is 2. The summed E-state index contributed by atoms with van der Waals surface area (Å²) >= 11 is 0. The van der Waals surface area contributed by atoms with E-state index in [0.29, 0.717) is 30.9 Å². The van der Waals surface area contributed by atoms with Gasteiger partial charge in [0.1, 0.15) is 5.75 Å². The fraction of sp³-hybridized carbons (Fsp3) is 0.550. The van der Waals surface area contributed by atoms with E-state index in [9.17, 15) is 19.5 Å². The number of nitrogens with zero attached hydrogens (tertiary/aromatic N) is 2. The van der Waals surface area contributed by atoms with Gasteiger partial charge >= 0.3 is 5.97 Å². The lowest BCUT2D eigenvalue weighted by atomic mass is 9.81. The fourth-order valence-electron chi connectivity index (χ4n) is 5.02. The highest BCUT2D eigenvalue weighted by molar-refractivity contribution is 6.01. The van der Waals surface area contributed by atoms with Crippen molar-refractivity contribution in [1.29, 1.82) is 0 Å². The summed E-state index contributed by atoms with van der Waals surface area (Å²) in [5.74, 6) is -0.813. The van der Waals surface area contributed by atoms with E-state index in [4.69, 9.17) is 4.74 Å². The number of anilines is 1. The van der Waals surface area contributed by atoms with E-state index >= 15 is 0 Å². The van der Waals surface area contributed by atoms with Crippen molar-refractivity contribution in [2.24, 2.45) is 17.3 Å². The average molecular weight is 372 g/mol. The molecule has 4 rings (SSSR count). The molecule has 3 aliphatic rings. The molecule has 1 N–H and O–H groups in total. The highest BCUT2D eigenvalue weighted by Gasteiger charge is 2.56. The highest BCUT2D eigenvalue weighted by atomic mass is 16.5. The first-order chi connectivity index (χ1) is 13.0. The smallest absolute Gasteiger partial charge is 0.311 e. The first kappa shape index (κ1) is 17.8. The lowest BCUT2D eigenvalue weighted by molar-refractivity contribution is -0.149. The molecule has 1 saturated carbocycles. The predicted octanol–water partition coefficient (Wildman–Crippen LogP) is 1.76. The second-order valence-electron chi connectivity index (χ2n) is 7.85. The quantitative estimate of drug-likeness (QED) is 0.870. The number of rotatable bonds is 4. The fourth-order valence-corrected chi connectivity index (χ4v) is 5.02. The molecule has 2 heterocycles. The van der Waals surface area contributed by atoms with E-state index in [1.165, 1.54) is 0 Å². The molecule has 1 aliphatic carbocycles. The van der Waals surface area contributed by atoms with Crippen LogP contribution in [0.1, 0.15) is 25.7 Å². The summed E-state index contributed by atoms with van der Waals surface area (Å²) < 4.78 is 5.34. The number of carboxylic acid groups (broad SMARTS) is 1. The van der Waals surface area contributed by atoms with Crippen LogP contribution in [-0.4, -0.2) is 54.5 Å². The molecule has 7 nitrogen and oxygen atoms in total. The summed E-state index contributed by atoms with van der Waals surface area (Å²) in [6, 6.07) is 7.26. The van der Waals surface area contributed by atoms with Gasteiger partial charge in [-0.25, -0.2) is 0 Å². The van der Waals surface area contributed by atoms with Gasteiger partial charge in [-0.1, -0.05) is 18.6 Å². The average Bonchev–Trinajstić information content (AvgIpc) is 3.33. The number of benzene rings is 1. The molecule has 27 heavy (non-hydrogen) atoms. The zero-order valence-electron chi connectivity index (χ0n) is 15.4. The van der Waals surface area contributed by atoms with Crippen molar-refractivity contribution in [3.8, 4) is 5.75 Å².